The second-order valence-electron chi connectivity index (χ2n) is 7.16. The van der Waals surface area contributed by atoms with Crippen LogP contribution in [0.25, 0.3) is 5.57 Å². The number of nitrogens with one attached hydrogen (secondary N) is 1. The molecule has 148 valence electrons. The van der Waals surface area contributed by atoms with Gasteiger partial charge in [-0.2, -0.15) is 0 Å². The lowest BCUT2D eigenvalue weighted by atomic mass is 9.76. The van der Waals surface area contributed by atoms with Gasteiger partial charge in [0.15, 0.2) is 28.8 Å². The molecule has 1 unspecified atom stereocenters. The number of hydrogen-bond donors (Lipinski definition) is 1. The molecule has 0 fully saturated rings. The van der Waals surface area contributed by atoms with Gasteiger partial charge in [-0.15, -0.1) is 0 Å². The Morgan fingerprint density at radius 1 is 1.17 bits per heavy atom. The lowest BCUT2D eigenvalue weighted by molar-refractivity contribution is 0.0904. The zero-order valence-electron chi connectivity index (χ0n) is 16.3. The molecular formula is C23H21NO5. The average Bonchev–Trinajstić information content (AvgIpc) is 3.29. The van der Waals surface area contributed by atoms with Crippen LogP contribution < -0.4 is 24.3 Å². The summed E-state index contributed by atoms with van der Waals surface area (Å²) in [5.74, 6) is 2.46. The highest BCUT2D eigenvalue weighted by atomic mass is 16.7. The molecule has 0 saturated carbocycles. The Bertz CT molecular complexity index is 1090. The first-order valence-corrected chi connectivity index (χ1v) is 9.47. The number of methoxy groups -OCH3 is 2. The Labute approximate surface area is 168 Å². The SMILES string of the molecule is C=C/C=C1/c2c(ccc(OC)c2OC)C(=O)C12NCCc1cc3c(cc12)OCO3. The van der Waals surface area contributed by atoms with Gasteiger partial charge < -0.3 is 18.9 Å². The van der Waals surface area contributed by atoms with E-state index < -0.39 is 5.54 Å². The van der Waals surface area contributed by atoms with E-state index in [0.29, 0.717) is 29.4 Å². The molecule has 0 bridgehead atoms. The summed E-state index contributed by atoms with van der Waals surface area (Å²) in [4.78, 5) is 13.9. The van der Waals surface area contributed by atoms with Gasteiger partial charge in [0.25, 0.3) is 0 Å². The van der Waals surface area contributed by atoms with Gasteiger partial charge >= 0.3 is 0 Å². The predicted octanol–water partition coefficient (Wildman–Crippen LogP) is 3.24. The molecule has 2 aliphatic heterocycles. The molecule has 6 heteroatoms. The van der Waals surface area contributed by atoms with E-state index in [9.17, 15) is 4.79 Å². The van der Waals surface area contributed by atoms with Crippen molar-refractivity contribution in [2.45, 2.75) is 12.0 Å². The summed E-state index contributed by atoms with van der Waals surface area (Å²) in [5.41, 5.74) is 3.02. The highest BCUT2D eigenvalue weighted by molar-refractivity contribution is 6.22. The molecule has 0 aromatic heterocycles. The topological polar surface area (TPSA) is 66.0 Å². The van der Waals surface area contributed by atoms with E-state index >= 15 is 0 Å². The van der Waals surface area contributed by atoms with Crippen LogP contribution in [0.15, 0.2) is 43.0 Å². The van der Waals surface area contributed by atoms with Gasteiger partial charge in [-0.1, -0.05) is 18.7 Å². The first-order chi connectivity index (χ1) is 14.2. The molecule has 1 aliphatic carbocycles. The quantitative estimate of drug-likeness (QED) is 0.867. The fourth-order valence-electron chi connectivity index (χ4n) is 4.68. The molecule has 1 spiro atoms. The Morgan fingerprint density at radius 3 is 2.69 bits per heavy atom. The first kappa shape index (κ1) is 17.8. The van der Waals surface area contributed by atoms with E-state index in [4.69, 9.17) is 18.9 Å². The van der Waals surface area contributed by atoms with E-state index in [1.807, 2.05) is 18.2 Å². The Kier molecular flexibility index (Phi) is 3.93. The van der Waals surface area contributed by atoms with Gasteiger partial charge in [-0.05, 0) is 47.4 Å². The largest absolute Gasteiger partial charge is 0.493 e. The number of carbonyl (C=O) groups excluding carboxylic acids is 1. The molecule has 2 aromatic rings. The van der Waals surface area contributed by atoms with Gasteiger partial charge in [0.1, 0.15) is 5.54 Å². The first-order valence-electron chi connectivity index (χ1n) is 9.47. The van der Waals surface area contributed by atoms with Crippen molar-refractivity contribution >= 4 is 11.4 Å². The molecule has 0 radical (unpaired) electrons. The summed E-state index contributed by atoms with van der Waals surface area (Å²) in [6.45, 7) is 4.72. The van der Waals surface area contributed by atoms with Crippen molar-refractivity contribution in [2.75, 3.05) is 27.6 Å². The zero-order valence-corrected chi connectivity index (χ0v) is 16.3. The number of hydrogen-bond acceptors (Lipinski definition) is 6. The maximum absolute atomic E-state index is 13.9. The molecule has 5 rings (SSSR count). The second kappa shape index (κ2) is 6.39. The van der Waals surface area contributed by atoms with Gasteiger partial charge in [-0.25, -0.2) is 0 Å². The summed E-state index contributed by atoms with van der Waals surface area (Å²) in [7, 11) is 3.17. The van der Waals surface area contributed by atoms with Crippen LogP contribution in [0.5, 0.6) is 23.0 Å². The highest BCUT2D eigenvalue weighted by Crippen LogP contribution is 2.55. The zero-order chi connectivity index (χ0) is 20.2. The summed E-state index contributed by atoms with van der Waals surface area (Å²) >= 11 is 0. The highest BCUT2D eigenvalue weighted by Gasteiger charge is 2.54. The van der Waals surface area contributed by atoms with Crippen LogP contribution in [0.4, 0.5) is 0 Å². The normalized spacial score (nSPS) is 22.6. The van der Waals surface area contributed by atoms with Gasteiger partial charge in [0.05, 0.1) is 14.2 Å². The number of allylic oxidation sites excluding steroid dienone is 2. The standard InChI is InChI=1S/C23H21NO5/c1-4-5-15-20-14(6-7-17(26-2)21(20)27-3)22(25)23(15)16-11-19-18(28-12-29-19)10-13(16)8-9-24-23/h4-7,10-11,24H,1,8-9,12H2,2-3H3/b15-5-. The molecule has 2 aromatic carbocycles. The predicted molar refractivity (Wildman–Crippen MR) is 108 cm³/mol. The average molecular weight is 391 g/mol. The Hall–Kier alpha value is -3.25. The third-order valence-electron chi connectivity index (χ3n) is 5.88. The van der Waals surface area contributed by atoms with Gasteiger partial charge in [0.2, 0.25) is 6.79 Å². The van der Waals surface area contributed by atoms with E-state index in [-0.39, 0.29) is 12.6 Å². The number of benzene rings is 2. The molecule has 0 saturated heterocycles. The number of rotatable bonds is 3. The monoisotopic (exact) mass is 391 g/mol. The van der Waals surface area contributed by atoms with Crippen LogP contribution in [-0.2, 0) is 12.0 Å². The fourth-order valence-corrected chi connectivity index (χ4v) is 4.68. The van der Waals surface area contributed by atoms with Crippen molar-refractivity contribution in [3.05, 3.63) is 65.3 Å². The minimum Gasteiger partial charge on any atom is -0.493 e. The Morgan fingerprint density at radius 2 is 1.97 bits per heavy atom. The molecule has 1 N–H and O–H groups in total. The number of carbonyl (C=O) groups is 1. The van der Waals surface area contributed by atoms with Crippen molar-refractivity contribution in [1.29, 1.82) is 0 Å². The lowest BCUT2D eigenvalue weighted by Gasteiger charge is -2.37. The summed E-state index contributed by atoms with van der Waals surface area (Å²) in [5, 5.41) is 3.50. The minimum atomic E-state index is -1.04. The van der Waals surface area contributed by atoms with E-state index in [0.717, 1.165) is 34.4 Å². The maximum atomic E-state index is 13.9. The lowest BCUT2D eigenvalue weighted by Crippen LogP contribution is -2.51. The minimum absolute atomic E-state index is 0.0265. The van der Waals surface area contributed by atoms with Crippen LogP contribution in [0.3, 0.4) is 0 Å². The van der Waals surface area contributed by atoms with Gasteiger partial charge in [-0.3, -0.25) is 10.1 Å². The van der Waals surface area contributed by atoms with Crippen molar-refractivity contribution in [1.82, 2.24) is 5.32 Å². The molecule has 1 atom stereocenters. The third-order valence-corrected chi connectivity index (χ3v) is 5.88. The Balaban J connectivity index is 1.82. The second-order valence-corrected chi connectivity index (χ2v) is 7.16. The summed E-state index contributed by atoms with van der Waals surface area (Å²) < 4.78 is 22.3. The number of ether oxygens (including phenoxy) is 4. The van der Waals surface area contributed by atoms with Crippen LogP contribution >= 0.6 is 0 Å². The van der Waals surface area contributed by atoms with Gasteiger partial charge in [0, 0.05) is 17.7 Å². The maximum Gasteiger partial charge on any atom is 0.231 e. The van der Waals surface area contributed by atoms with Crippen LogP contribution in [0.2, 0.25) is 0 Å². The third kappa shape index (κ3) is 2.23. The van der Waals surface area contributed by atoms with Crippen molar-refractivity contribution in [3.63, 3.8) is 0 Å². The fraction of sp³-hybridized carbons (Fsp3) is 0.261. The van der Waals surface area contributed by atoms with E-state index in [2.05, 4.69) is 11.9 Å². The van der Waals surface area contributed by atoms with E-state index in [1.165, 1.54) is 0 Å². The molecule has 2 heterocycles. The van der Waals surface area contributed by atoms with Crippen LogP contribution in [-0.4, -0.2) is 33.3 Å². The van der Waals surface area contributed by atoms with Crippen molar-refractivity contribution < 1.29 is 23.7 Å². The molecule has 3 aliphatic rings. The summed E-state index contributed by atoms with van der Waals surface area (Å²) in [6, 6.07) is 7.48. The number of Topliss-reactive ketones (excluding diaryl/α,β-unsaturated/α-hetero) is 1. The smallest absolute Gasteiger partial charge is 0.231 e. The molecule has 6 nitrogen and oxygen atoms in total. The van der Waals surface area contributed by atoms with Crippen LogP contribution in [0, 0.1) is 0 Å². The van der Waals surface area contributed by atoms with Crippen molar-refractivity contribution in [3.8, 4) is 23.0 Å². The molecular weight excluding hydrogens is 370 g/mol. The van der Waals surface area contributed by atoms with E-state index in [1.54, 1.807) is 32.4 Å². The molecule has 0 amide bonds. The number of ketones is 1. The van der Waals surface area contributed by atoms with Crippen LogP contribution in [0.1, 0.15) is 27.0 Å². The summed E-state index contributed by atoms with van der Waals surface area (Å²) in [6.07, 6.45) is 4.36. The number of fused-ring (bicyclic) bond motifs is 4. The molecule has 29 heavy (non-hydrogen) atoms. The van der Waals surface area contributed by atoms with Crippen molar-refractivity contribution in [2.24, 2.45) is 0 Å².